The van der Waals surface area contributed by atoms with Crippen molar-refractivity contribution in [2.24, 2.45) is 5.92 Å². The summed E-state index contributed by atoms with van der Waals surface area (Å²) >= 11 is 0. The molecule has 0 fully saturated rings. The lowest BCUT2D eigenvalue weighted by Gasteiger charge is -2.31. The van der Waals surface area contributed by atoms with Crippen molar-refractivity contribution in [2.75, 3.05) is 0 Å². The van der Waals surface area contributed by atoms with Crippen molar-refractivity contribution in [1.29, 1.82) is 0 Å². The Hall–Kier alpha value is -1.56. The number of hydrogen-bond acceptors (Lipinski definition) is 0. The molecule has 3 rings (SSSR count). The fourth-order valence-corrected chi connectivity index (χ4v) is 3.42. The van der Waals surface area contributed by atoms with Gasteiger partial charge >= 0.3 is 0 Å². The van der Waals surface area contributed by atoms with E-state index < -0.39 is 0 Å². The van der Waals surface area contributed by atoms with Crippen LogP contribution in [0.1, 0.15) is 42.4 Å². The Labute approximate surface area is 116 Å². The Kier molecular flexibility index (Phi) is 3.68. The third-order valence-electron chi connectivity index (χ3n) is 4.60. The average molecular weight is 250 g/mol. The van der Waals surface area contributed by atoms with Crippen LogP contribution in [-0.2, 0) is 12.8 Å². The Morgan fingerprint density at radius 3 is 2.53 bits per heavy atom. The molecule has 0 N–H and O–H groups in total. The molecule has 0 aliphatic heterocycles. The van der Waals surface area contributed by atoms with E-state index >= 15 is 0 Å². The van der Waals surface area contributed by atoms with Gasteiger partial charge in [-0.3, -0.25) is 0 Å². The Bertz CT molecular complexity index is 527. The molecular formula is C19H22. The molecule has 0 amide bonds. The topological polar surface area (TPSA) is 0 Å². The summed E-state index contributed by atoms with van der Waals surface area (Å²) in [6, 6.07) is 19.9. The van der Waals surface area contributed by atoms with Crippen molar-refractivity contribution in [3.05, 3.63) is 71.3 Å². The fraction of sp³-hybridized carbons (Fsp3) is 0.368. The van der Waals surface area contributed by atoms with Crippen LogP contribution in [0.5, 0.6) is 0 Å². The second-order valence-corrected chi connectivity index (χ2v) is 5.85. The first-order valence-electron chi connectivity index (χ1n) is 7.46. The van der Waals surface area contributed by atoms with E-state index in [0.717, 1.165) is 11.8 Å². The number of rotatable bonds is 3. The number of benzene rings is 2. The first-order valence-corrected chi connectivity index (χ1v) is 7.46. The SMILES string of the molecule is CC1CCc2ccccc2C1CCc1ccccc1. The number of hydrogen-bond donors (Lipinski definition) is 0. The van der Waals surface area contributed by atoms with Crippen molar-refractivity contribution in [1.82, 2.24) is 0 Å². The molecule has 2 unspecified atom stereocenters. The van der Waals surface area contributed by atoms with Gasteiger partial charge in [0.15, 0.2) is 0 Å². The van der Waals surface area contributed by atoms with Gasteiger partial charge in [-0.2, -0.15) is 0 Å². The molecule has 0 nitrogen and oxygen atoms in total. The van der Waals surface area contributed by atoms with Crippen LogP contribution in [0.3, 0.4) is 0 Å². The first kappa shape index (κ1) is 12.5. The molecule has 0 bridgehead atoms. The molecule has 98 valence electrons. The molecule has 0 heteroatoms. The van der Waals surface area contributed by atoms with Crippen LogP contribution in [-0.4, -0.2) is 0 Å². The van der Waals surface area contributed by atoms with Crippen molar-refractivity contribution in [2.45, 2.75) is 38.5 Å². The van der Waals surface area contributed by atoms with Crippen LogP contribution in [0.2, 0.25) is 0 Å². The van der Waals surface area contributed by atoms with Gasteiger partial charge in [-0.15, -0.1) is 0 Å². The van der Waals surface area contributed by atoms with Crippen molar-refractivity contribution in [3.8, 4) is 0 Å². The highest BCUT2D eigenvalue weighted by Gasteiger charge is 2.25. The molecule has 0 aromatic heterocycles. The van der Waals surface area contributed by atoms with Crippen LogP contribution in [0.25, 0.3) is 0 Å². The quantitative estimate of drug-likeness (QED) is 0.720. The molecule has 0 heterocycles. The molecule has 2 aromatic carbocycles. The molecule has 0 radical (unpaired) electrons. The summed E-state index contributed by atoms with van der Waals surface area (Å²) in [5.74, 6) is 1.56. The summed E-state index contributed by atoms with van der Waals surface area (Å²) in [7, 11) is 0. The molecule has 19 heavy (non-hydrogen) atoms. The van der Waals surface area contributed by atoms with E-state index in [-0.39, 0.29) is 0 Å². The second kappa shape index (κ2) is 5.61. The number of fused-ring (bicyclic) bond motifs is 1. The van der Waals surface area contributed by atoms with Crippen LogP contribution >= 0.6 is 0 Å². The van der Waals surface area contributed by atoms with Gasteiger partial charge in [-0.1, -0.05) is 61.5 Å². The van der Waals surface area contributed by atoms with Gasteiger partial charge in [-0.05, 0) is 54.2 Å². The van der Waals surface area contributed by atoms with Crippen LogP contribution in [0.15, 0.2) is 54.6 Å². The molecule has 2 atom stereocenters. The molecule has 0 saturated heterocycles. The molecule has 2 aromatic rings. The molecule has 0 spiro atoms. The summed E-state index contributed by atoms with van der Waals surface area (Å²) in [6.45, 7) is 2.42. The highest BCUT2D eigenvalue weighted by molar-refractivity contribution is 5.33. The van der Waals surface area contributed by atoms with Gasteiger partial charge in [0.1, 0.15) is 0 Å². The number of aryl methyl sites for hydroxylation is 2. The maximum absolute atomic E-state index is 2.42. The van der Waals surface area contributed by atoms with Crippen LogP contribution in [0.4, 0.5) is 0 Å². The zero-order valence-electron chi connectivity index (χ0n) is 11.7. The lowest BCUT2D eigenvalue weighted by Crippen LogP contribution is -2.19. The summed E-state index contributed by atoms with van der Waals surface area (Å²) in [5.41, 5.74) is 4.66. The molecule has 1 aliphatic rings. The minimum atomic E-state index is 0.741. The maximum Gasteiger partial charge on any atom is -0.0130 e. The summed E-state index contributed by atoms with van der Waals surface area (Å²) in [6.07, 6.45) is 5.09. The predicted molar refractivity (Wildman–Crippen MR) is 81.4 cm³/mol. The lowest BCUT2D eigenvalue weighted by molar-refractivity contribution is 0.384. The second-order valence-electron chi connectivity index (χ2n) is 5.85. The van der Waals surface area contributed by atoms with E-state index in [4.69, 9.17) is 0 Å². The van der Waals surface area contributed by atoms with E-state index in [1.807, 2.05) is 0 Å². The van der Waals surface area contributed by atoms with E-state index in [0.29, 0.717) is 0 Å². The van der Waals surface area contributed by atoms with Crippen LogP contribution < -0.4 is 0 Å². The predicted octanol–water partition coefficient (Wildman–Crippen LogP) is 4.99. The summed E-state index contributed by atoms with van der Waals surface area (Å²) in [5, 5.41) is 0. The molecule has 1 aliphatic carbocycles. The van der Waals surface area contributed by atoms with E-state index in [2.05, 4.69) is 61.5 Å². The normalized spacial score (nSPS) is 21.9. The maximum atomic E-state index is 2.42. The van der Waals surface area contributed by atoms with Gasteiger partial charge in [0.05, 0.1) is 0 Å². The lowest BCUT2D eigenvalue weighted by atomic mass is 9.73. The zero-order chi connectivity index (χ0) is 13.1. The monoisotopic (exact) mass is 250 g/mol. The van der Waals surface area contributed by atoms with Crippen molar-refractivity contribution < 1.29 is 0 Å². The van der Waals surface area contributed by atoms with Crippen molar-refractivity contribution >= 4 is 0 Å². The highest BCUT2D eigenvalue weighted by Crippen LogP contribution is 2.38. The fourth-order valence-electron chi connectivity index (χ4n) is 3.42. The largest absolute Gasteiger partial charge is 0.0622 e. The minimum absolute atomic E-state index is 0.741. The van der Waals surface area contributed by atoms with E-state index in [9.17, 15) is 0 Å². The van der Waals surface area contributed by atoms with Gasteiger partial charge in [0.2, 0.25) is 0 Å². The smallest absolute Gasteiger partial charge is 0.0130 e. The summed E-state index contributed by atoms with van der Waals surface area (Å²) < 4.78 is 0. The third kappa shape index (κ3) is 2.73. The van der Waals surface area contributed by atoms with E-state index in [1.165, 1.54) is 31.2 Å². The van der Waals surface area contributed by atoms with Gasteiger partial charge in [0, 0.05) is 0 Å². The van der Waals surface area contributed by atoms with Gasteiger partial charge in [-0.25, -0.2) is 0 Å². The third-order valence-corrected chi connectivity index (χ3v) is 4.60. The summed E-state index contributed by atoms with van der Waals surface area (Å²) in [4.78, 5) is 0. The van der Waals surface area contributed by atoms with Gasteiger partial charge < -0.3 is 0 Å². The Balaban J connectivity index is 1.77. The van der Waals surface area contributed by atoms with Crippen LogP contribution in [0, 0.1) is 5.92 Å². The molecule has 0 saturated carbocycles. The van der Waals surface area contributed by atoms with E-state index in [1.54, 1.807) is 11.1 Å². The zero-order valence-corrected chi connectivity index (χ0v) is 11.7. The van der Waals surface area contributed by atoms with Gasteiger partial charge in [0.25, 0.3) is 0 Å². The first-order chi connectivity index (χ1) is 9.34. The standard InChI is InChI=1S/C19H22/c1-15-11-13-17-9-5-6-10-19(17)18(15)14-12-16-7-3-2-4-8-16/h2-10,15,18H,11-14H2,1H3. The highest BCUT2D eigenvalue weighted by atomic mass is 14.3. The van der Waals surface area contributed by atoms with Crippen molar-refractivity contribution in [3.63, 3.8) is 0 Å². The average Bonchev–Trinajstić information content (AvgIpc) is 2.47. The Morgan fingerprint density at radius 2 is 1.68 bits per heavy atom. The minimum Gasteiger partial charge on any atom is -0.0622 e. The Morgan fingerprint density at radius 1 is 0.947 bits per heavy atom. The molecular weight excluding hydrogens is 228 g/mol.